The SMILES string of the molecule is CCC(C)N(CC(=O)O)C(=O)c1cc(C(C)C)[nH]n1. The summed E-state index contributed by atoms with van der Waals surface area (Å²) in [5.74, 6) is -1.13. The molecule has 0 aliphatic carbocycles. The van der Waals surface area contributed by atoms with Crippen LogP contribution in [-0.4, -0.2) is 44.7 Å². The van der Waals surface area contributed by atoms with Crippen LogP contribution in [0.5, 0.6) is 0 Å². The fourth-order valence-electron chi connectivity index (χ4n) is 1.68. The third-order valence-electron chi connectivity index (χ3n) is 3.13. The molecule has 1 aromatic rings. The lowest BCUT2D eigenvalue weighted by molar-refractivity contribution is -0.138. The number of hydrogen-bond acceptors (Lipinski definition) is 3. The summed E-state index contributed by atoms with van der Waals surface area (Å²) in [6.45, 7) is 7.42. The van der Waals surface area contributed by atoms with Crippen LogP contribution in [0.1, 0.15) is 56.2 Å². The van der Waals surface area contributed by atoms with Crippen molar-refractivity contribution in [3.8, 4) is 0 Å². The molecule has 1 heterocycles. The summed E-state index contributed by atoms with van der Waals surface area (Å²) < 4.78 is 0. The maximum atomic E-state index is 12.3. The fraction of sp³-hybridized carbons (Fsp3) is 0.615. The van der Waals surface area contributed by atoms with Crippen molar-refractivity contribution in [3.05, 3.63) is 17.5 Å². The molecule has 0 radical (unpaired) electrons. The van der Waals surface area contributed by atoms with Gasteiger partial charge in [-0.05, 0) is 25.3 Å². The lowest BCUT2D eigenvalue weighted by atomic mass is 10.1. The Morgan fingerprint density at radius 1 is 1.42 bits per heavy atom. The molecule has 0 aliphatic heterocycles. The average Bonchev–Trinajstić information content (AvgIpc) is 2.83. The topological polar surface area (TPSA) is 86.3 Å². The number of nitrogens with one attached hydrogen (secondary N) is 1. The molecule has 0 saturated heterocycles. The molecule has 1 rings (SSSR count). The highest BCUT2D eigenvalue weighted by molar-refractivity contribution is 5.94. The first-order valence-corrected chi connectivity index (χ1v) is 6.44. The van der Waals surface area contributed by atoms with E-state index >= 15 is 0 Å². The zero-order chi connectivity index (χ0) is 14.6. The van der Waals surface area contributed by atoms with Crippen LogP contribution >= 0.6 is 0 Å². The van der Waals surface area contributed by atoms with Gasteiger partial charge in [0.2, 0.25) is 0 Å². The number of carbonyl (C=O) groups is 2. The number of H-pyrrole nitrogens is 1. The highest BCUT2D eigenvalue weighted by Crippen LogP contribution is 2.15. The fourth-order valence-corrected chi connectivity index (χ4v) is 1.68. The second-order valence-corrected chi connectivity index (χ2v) is 4.95. The Morgan fingerprint density at radius 2 is 2.05 bits per heavy atom. The molecule has 0 aromatic carbocycles. The largest absolute Gasteiger partial charge is 0.480 e. The number of carbonyl (C=O) groups excluding carboxylic acids is 1. The number of rotatable bonds is 6. The van der Waals surface area contributed by atoms with E-state index in [0.29, 0.717) is 6.42 Å². The number of aromatic amines is 1. The van der Waals surface area contributed by atoms with Crippen molar-refractivity contribution in [2.75, 3.05) is 6.54 Å². The number of nitrogens with zero attached hydrogens (tertiary/aromatic N) is 2. The minimum absolute atomic E-state index is 0.136. The highest BCUT2D eigenvalue weighted by Gasteiger charge is 2.25. The van der Waals surface area contributed by atoms with E-state index < -0.39 is 5.97 Å². The van der Waals surface area contributed by atoms with Gasteiger partial charge in [-0.3, -0.25) is 14.7 Å². The van der Waals surface area contributed by atoms with E-state index in [2.05, 4.69) is 10.2 Å². The molecule has 0 saturated carbocycles. The van der Waals surface area contributed by atoms with Crippen molar-refractivity contribution in [1.82, 2.24) is 15.1 Å². The Bertz CT molecular complexity index is 454. The number of carboxylic acid groups (broad SMARTS) is 1. The maximum Gasteiger partial charge on any atom is 0.323 e. The van der Waals surface area contributed by atoms with E-state index in [9.17, 15) is 9.59 Å². The standard InChI is InChI=1S/C13H21N3O3/c1-5-9(4)16(7-12(17)18)13(19)11-6-10(8(2)3)14-15-11/h6,8-9H,5,7H2,1-4H3,(H,14,15)(H,17,18). The van der Waals surface area contributed by atoms with Gasteiger partial charge in [-0.2, -0.15) is 5.10 Å². The lowest BCUT2D eigenvalue weighted by Crippen LogP contribution is -2.42. The first kappa shape index (κ1) is 15.2. The van der Waals surface area contributed by atoms with Crippen molar-refractivity contribution in [1.29, 1.82) is 0 Å². The number of hydrogen-bond donors (Lipinski definition) is 2. The number of aromatic nitrogens is 2. The quantitative estimate of drug-likeness (QED) is 0.823. The van der Waals surface area contributed by atoms with Gasteiger partial charge in [-0.1, -0.05) is 20.8 Å². The molecule has 1 unspecified atom stereocenters. The average molecular weight is 267 g/mol. The summed E-state index contributed by atoms with van der Waals surface area (Å²) in [5, 5.41) is 15.7. The third-order valence-corrected chi connectivity index (χ3v) is 3.13. The Labute approximate surface area is 112 Å². The van der Waals surface area contributed by atoms with Gasteiger partial charge in [0.1, 0.15) is 12.2 Å². The van der Waals surface area contributed by atoms with Crippen LogP contribution in [0.2, 0.25) is 0 Å². The predicted molar refractivity (Wildman–Crippen MR) is 71.1 cm³/mol. The minimum atomic E-state index is -1.02. The van der Waals surface area contributed by atoms with Gasteiger partial charge in [-0.15, -0.1) is 0 Å². The van der Waals surface area contributed by atoms with Crippen molar-refractivity contribution < 1.29 is 14.7 Å². The van der Waals surface area contributed by atoms with Crippen molar-refractivity contribution >= 4 is 11.9 Å². The number of amides is 1. The van der Waals surface area contributed by atoms with Crippen LogP contribution in [0.15, 0.2) is 6.07 Å². The zero-order valence-corrected chi connectivity index (χ0v) is 11.8. The van der Waals surface area contributed by atoms with Gasteiger partial charge in [0.25, 0.3) is 5.91 Å². The second kappa shape index (κ2) is 6.36. The van der Waals surface area contributed by atoms with Gasteiger partial charge in [0.05, 0.1) is 0 Å². The van der Waals surface area contributed by atoms with E-state index in [1.807, 2.05) is 27.7 Å². The van der Waals surface area contributed by atoms with Crippen LogP contribution in [0.25, 0.3) is 0 Å². The van der Waals surface area contributed by atoms with Crippen LogP contribution in [0, 0.1) is 0 Å². The van der Waals surface area contributed by atoms with Crippen molar-refractivity contribution in [3.63, 3.8) is 0 Å². The van der Waals surface area contributed by atoms with Crippen molar-refractivity contribution in [2.24, 2.45) is 0 Å². The molecule has 2 N–H and O–H groups in total. The van der Waals surface area contributed by atoms with E-state index in [-0.39, 0.29) is 30.1 Å². The van der Waals surface area contributed by atoms with Gasteiger partial charge in [0, 0.05) is 11.7 Å². The summed E-state index contributed by atoms with van der Waals surface area (Å²) in [4.78, 5) is 24.5. The molecule has 1 amide bonds. The molecule has 106 valence electrons. The molecule has 6 heteroatoms. The lowest BCUT2D eigenvalue weighted by Gasteiger charge is -2.25. The molecule has 0 spiro atoms. The zero-order valence-electron chi connectivity index (χ0n) is 11.8. The molecule has 0 bridgehead atoms. The Balaban J connectivity index is 2.94. The van der Waals surface area contributed by atoms with Gasteiger partial charge < -0.3 is 10.0 Å². The molecule has 0 aliphatic rings. The smallest absolute Gasteiger partial charge is 0.323 e. The summed E-state index contributed by atoms with van der Waals surface area (Å²) in [7, 11) is 0. The number of aliphatic carboxylic acids is 1. The summed E-state index contributed by atoms with van der Waals surface area (Å²) >= 11 is 0. The molecular weight excluding hydrogens is 246 g/mol. The predicted octanol–water partition coefficient (Wildman–Crippen LogP) is 1.86. The van der Waals surface area contributed by atoms with Crippen LogP contribution in [-0.2, 0) is 4.79 Å². The first-order chi connectivity index (χ1) is 8.86. The van der Waals surface area contributed by atoms with Crippen LogP contribution < -0.4 is 0 Å². The van der Waals surface area contributed by atoms with E-state index in [1.165, 1.54) is 4.90 Å². The van der Waals surface area contributed by atoms with Crippen molar-refractivity contribution in [2.45, 2.75) is 46.1 Å². The summed E-state index contributed by atoms with van der Waals surface area (Å²) in [6, 6.07) is 1.55. The molecule has 19 heavy (non-hydrogen) atoms. The molecule has 6 nitrogen and oxygen atoms in total. The summed E-state index contributed by atoms with van der Waals surface area (Å²) in [5.41, 5.74) is 1.13. The van der Waals surface area contributed by atoms with Gasteiger partial charge >= 0.3 is 5.97 Å². The normalized spacial score (nSPS) is 12.5. The number of carboxylic acids is 1. The second-order valence-electron chi connectivity index (χ2n) is 4.95. The van der Waals surface area contributed by atoms with Gasteiger partial charge in [-0.25, -0.2) is 0 Å². The first-order valence-electron chi connectivity index (χ1n) is 6.44. The highest BCUT2D eigenvalue weighted by atomic mass is 16.4. The maximum absolute atomic E-state index is 12.3. The van der Waals surface area contributed by atoms with Crippen LogP contribution in [0.3, 0.4) is 0 Å². The molecule has 0 fully saturated rings. The molecular formula is C13H21N3O3. The Kier molecular flexibility index (Phi) is 5.09. The van der Waals surface area contributed by atoms with E-state index in [4.69, 9.17) is 5.11 Å². The third kappa shape index (κ3) is 3.81. The van der Waals surface area contributed by atoms with Crippen LogP contribution in [0.4, 0.5) is 0 Å². The summed E-state index contributed by atoms with van der Waals surface area (Å²) in [6.07, 6.45) is 0.695. The van der Waals surface area contributed by atoms with Gasteiger partial charge in [0.15, 0.2) is 0 Å². The van der Waals surface area contributed by atoms with E-state index in [1.54, 1.807) is 6.07 Å². The minimum Gasteiger partial charge on any atom is -0.480 e. The molecule has 1 atom stereocenters. The van der Waals surface area contributed by atoms with E-state index in [0.717, 1.165) is 5.69 Å². The monoisotopic (exact) mass is 267 g/mol. The Hall–Kier alpha value is -1.85. The Morgan fingerprint density at radius 3 is 2.47 bits per heavy atom. The molecule has 1 aromatic heterocycles.